The van der Waals surface area contributed by atoms with Gasteiger partial charge in [0.2, 0.25) is 11.8 Å². The third kappa shape index (κ3) is 5.28. The molecule has 0 bridgehead atoms. The van der Waals surface area contributed by atoms with E-state index in [2.05, 4.69) is 5.32 Å². The van der Waals surface area contributed by atoms with Gasteiger partial charge in [-0.1, -0.05) is 0 Å². The minimum absolute atomic E-state index is 0.0905. The lowest BCUT2D eigenvalue weighted by Gasteiger charge is -2.33. The number of rotatable bonds is 6. The van der Waals surface area contributed by atoms with Crippen LogP contribution in [0, 0.1) is 17.7 Å². The Morgan fingerprint density at radius 3 is 2.15 bits per heavy atom. The van der Waals surface area contributed by atoms with Crippen LogP contribution in [0.3, 0.4) is 0 Å². The van der Waals surface area contributed by atoms with Gasteiger partial charge in [-0.2, -0.15) is 0 Å². The zero-order valence-electron chi connectivity index (χ0n) is 15.1. The highest BCUT2D eigenvalue weighted by Crippen LogP contribution is 2.30. The number of carboxylic acid groups (broad SMARTS) is 1. The summed E-state index contributed by atoms with van der Waals surface area (Å²) in [5.74, 6) is -2.29. The molecule has 0 aliphatic heterocycles. The number of carbonyl (C=O) groups is 3. The standard InChI is InChI=1S/C19H25FN2O4/c1-12(2)22(11-17(23)21-16-9-7-15(20)8-10-16)18(24)13-3-5-14(6-4-13)19(25)26/h7-10,12-14H,3-6,11H2,1-2H3,(H,21,23)(H,25,26). The normalized spacial score (nSPS) is 19.8. The quantitative estimate of drug-likeness (QED) is 0.813. The monoisotopic (exact) mass is 364 g/mol. The van der Waals surface area contributed by atoms with Crippen molar-refractivity contribution in [2.75, 3.05) is 11.9 Å². The Balaban J connectivity index is 1.95. The SMILES string of the molecule is CC(C)N(CC(=O)Nc1ccc(F)cc1)C(=O)C1CCC(C(=O)O)CC1. The van der Waals surface area contributed by atoms with Gasteiger partial charge < -0.3 is 15.3 Å². The lowest BCUT2D eigenvalue weighted by Crippen LogP contribution is -2.46. The molecule has 0 unspecified atom stereocenters. The van der Waals surface area contributed by atoms with Crippen molar-refractivity contribution >= 4 is 23.5 Å². The van der Waals surface area contributed by atoms with E-state index >= 15 is 0 Å². The fourth-order valence-electron chi connectivity index (χ4n) is 3.23. The van der Waals surface area contributed by atoms with Crippen LogP contribution in [0.15, 0.2) is 24.3 Å². The molecule has 1 fully saturated rings. The maximum atomic E-state index is 12.9. The summed E-state index contributed by atoms with van der Waals surface area (Å²) in [5, 5.41) is 11.7. The highest BCUT2D eigenvalue weighted by molar-refractivity contribution is 5.95. The molecular formula is C19H25FN2O4. The van der Waals surface area contributed by atoms with Crippen molar-refractivity contribution in [1.82, 2.24) is 4.90 Å². The Kier molecular flexibility index (Phi) is 6.71. The molecule has 0 radical (unpaired) electrons. The van der Waals surface area contributed by atoms with E-state index < -0.39 is 5.97 Å². The van der Waals surface area contributed by atoms with Crippen molar-refractivity contribution in [3.05, 3.63) is 30.1 Å². The topological polar surface area (TPSA) is 86.7 Å². The molecule has 7 heteroatoms. The Morgan fingerprint density at radius 2 is 1.65 bits per heavy atom. The molecule has 1 aromatic carbocycles. The van der Waals surface area contributed by atoms with E-state index in [0.29, 0.717) is 31.4 Å². The van der Waals surface area contributed by atoms with E-state index in [9.17, 15) is 18.8 Å². The molecule has 2 rings (SSSR count). The van der Waals surface area contributed by atoms with Crippen molar-refractivity contribution in [2.45, 2.75) is 45.6 Å². The highest BCUT2D eigenvalue weighted by Gasteiger charge is 2.33. The van der Waals surface area contributed by atoms with Crippen molar-refractivity contribution in [3.8, 4) is 0 Å². The Hall–Kier alpha value is -2.44. The Labute approximate surface area is 152 Å². The number of anilines is 1. The molecule has 6 nitrogen and oxygen atoms in total. The average molecular weight is 364 g/mol. The number of nitrogens with one attached hydrogen (secondary N) is 1. The van der Waals surface area contributed by atoms with Crippen LogP contribution in [-0.2, 0) is 14.4 Å². The van der Waals surface area contributed by atoms with Crippen LogP contribution < -0.4 is 5.32 Å². The molecule has 1 aliphatic rings. The first-order valence-electron chi connectivity index (χ1n) is 8.86. The molecule has 1 saturated carbocycles. The molecule has 142 valence electrons. The first kappa shape index (κ1) is 19.9. The van der Waals surface area contributed by atoms with Gasteiger partial charge in [-0.15, -0.1) is 0 Å². The number of amides is 2. The summed E-state index contributed by atoms with van der Waals surface area (Å²) in [6.45, 7) is 3.59. The van der Waals surface area contributed by atoms with Crippen molar-refractivity contribution in [1.29, 1.82) is 0 Å². The van der Waals surface area contributed by atoms with Crippen molar-refractivity contribution < 1.29 is 23.9 Å². The number of halogens is 1. The Morgan fingerprint density at radius 1 is 1.12 bits per heavy atom. The Bertz CT molecular complexity index is 652. The van der Waals surface area contributed by atoms with E-state index in [1.54, 1.807) is 0 Å². The molecule has 0 heterocycles. The van der Waals surface area contributed by atoms with Crippen LogP contribution >= 0.6 is 0 Å². The van der Waals surface area contributed by atoms with Crippen LogP contribution in [0.4, 0.5) is 10.1 Å². The lowest BCUT2D eigenvalue weighted by molar-refractivity contribution is -0.146. The second-order valence-electron chi connectivity index (χ2n) is 7.00. The number of aliphatic carboxylic acids is 1. The third-order valence-corrected chi connectivity index (χ3v) is 4.77. The number of nitrogens with zero attached hydrogens (tertiary/aromatic N) is 1. The molecule has 26 heavy (non-hydrogen) atoms. The number of carbonyl (C=O) groups excluding carboxylic acids is 2. The predicted octanol–water partition coefficient (Wildman–Crippen LogP) is 2.89. The van der Waals surface area contributed by atoms with Gasteiger partial charge in [-0.25, -0.2) is 4.39 Å². The first-order chi connectivity index (χ1) is 12.3. The van der Waals surface area contributed by atoms with Gasteiger partial charge in [0.05, 0.1) is 5.92 Å². The van der Waals surface area contributed by atoms with Gasteiger partial charge in [0, 0.05) is 17.6 Å². The van der Waals surface area contributed by atoms with Crippen molar-refractivity contribution in [3.63, 3.8) is 0 Å². The molecule has 0 spiro atoms. The van der Waals surface area contributed by atoms with E-state index in [0.717, 1.165) is 0 Å². The van der Waals surface area contributed by atoms with E-state index in [1.165, 1.54) is 29.2 Å². The average Bonchev–Trinajstić information content (AvgIpc) is 2.61. The maximum absolute atomic E-state index is 12.9. The van der Waals surface area contributed by atoms with Crippen LogP contribution in [0.25, 0.3) is 0 Å². The zero-order chi connectivity index (χ0) is 19.3. The largest absolute Gasteiger partial charge is 0.481 e. The second-order valence-corrected chi connectivity index (χ2v) is 7.00. The third-order valence-electron chi connectivity index (χ3n) is 4.77. The maximum Gasteiger partial charge on any atom is 0.306 e. The molecule has 1 aromatic rings. The number of hydrogen-bond donors (Lipinski definition) is 2. The summed E-state index contributed by atoms with van der Waals surface area (Å²) in [4.78, 5) is 37.6. The van der Waals surface area contributed by atoms with Gasteiger partial charge in [0.25, 0.3) is 0 Å². The fourth-order valence-corrected chi connectivity index (χ4v) is 3.23. The minimum atomic E-state index is -0.810. The van der Waals surface area contributed by atoms with Crippen LogP contribution in [0.1, 0.15) is 39.5 Å². The molecule has 0 atom stereocenters. The summed E-state index contributed by atoms with van der Waals surface area (Å²) in [6.07, 6.45) is 2.02. The van der Waals surface area contributed by atoms with Crippen LogP contribution in [-0.4, -0.2) is 40.4 Å². The van der Waals surface area contributed by atoms with E-state index in [1.807, 2.05) is 13.8 Å². The molecule has 2 N–H and O–H groups in total. The zero-order valence-corrected chi connectivity index (χ0v) is 15.1. The fraction of sp³-hybridized carbons (Fsp3) is 0.526. The lowest BCUT2D eigenvalue weighted by atomic mass is 9.81. The predicted molar refractivity (Wildman–Crippen MR) is 95.0 cm³/mol. The van der Waals surface area contributed by atoms with Gasteiger partial charge >= 0.3 is 5.97 Å². The van der Waals surface area contributed by atoms with Crippen LogP contribution in [0.5, 0.6) is 0 Å². The highest BCUT2D eigenvalue weighted by atomic mass is 19.1. The number of hydrogen-bond acceptors (Lipinski definition) is 3. The molecule has 2 amide bonds. The van der Waals surface area contributed by atoms with Gasteiger partial charge in [-0.05, 0) is 63.8 Å². The molecule has 0 saturated heterocycles. The smallest absolute Gasteiger partial charge is 0.306 e. The second kappa shape index (κ2) is 8.78. The molecular weight excluding hydrogens is 339 g/mol. The van der Waals surface area contributed by atoms with Gasteiger partial charge in [0.15, 0.2) is 0 Å². The summed E-state index contributed by atoms with van der Waals surface area (Å²) in [6, 6.07) is 5.27. The van der Waals surface area contributed by atoms with Crippen molar-refractivity contribution in [2.24, 2.45) is 11.8 Å². The number of benzene rings is 1. The van der Waals surface area contributed by atoms with Gasteiger partial charge in [0.1, 0.15) is 12.4 Å². The molecule has 0 aromatic heterocycles. The van der Waals surface area contributed by atoms with E-state index in [4.69, 9.17) is 5.11 Å². The minimum Gasteiger partial charge on any atom is -0.481 e. The summed E-state index contributed by atoms with van der Waals surface area (Å²) < 4.78 is 12.9. The summed E-state index contributed by atoms with van der Waals surface area (Å²) >= 11 is 0. The molecule has 1 aliphatic carbocycles. The van der Waals surface area contributed by atoms with E-state index in [-0.39, 0.29) is 42.1 Å². The first-order valence-corrected chi connectivity index (χ1v) is 8.86. The summed E-state index contributed by atoms with van der Waals surface area (Å²) in [5.41, 5.74) is 0.467. The van der Waals surface area contributed by atoms with Gasteiger partial charge in [-0.3, -0.25) is 14.4 Å². The summed E-state index contributed by atoms with van der Waals surface area (Å²) in [7, 11) is 0. The number of carboxylic acids is 1. The van der Waals surface area contributed by atoms with Crippen LogP contribution in [0.2, 0.25) is 0 Å².